The maximum atomic E-state index is 9.58. The molecule has 3 saturated heterocycles. The van der Waals surface area contributed by atoms with E-state index in [-0.39, 0.29) is 17.8 Å². The Bertz CT molecular complexity index is 1450. The number of nitriles is 1. The predicted molar refractivity (Wildman–Crippen MR) is 153 cm³/mol. The molecule has 2 atom stereocenters. The highest BCUT2D eigenvalue weighted by atomic mass is 16.5. The first kappa shape index (κ1) is 24.9. The van der Waals surface area contributed by atoms with Crippen molar-refractivity contribution in [3.05, 3.63) is 59.2 Å². The van der Waals surface area contributed by atoms with Crippen LogP contribution in [0.1, 0.15) is 23.6 Å². The first-order valence-electron chi connectivity index (χ1n) is 14.0. The Morgan fingerprint density at radius 2 is 1.95 bits per heavy atom. The Balaban J connectivity index is 1.04. The molecule has 39 heavy (non-hydrogen) atoms. The maximum Gasteiger partial charge on any atom is 0.141 e. The monoisotopic (exact) mass is 520 g/mol. The lowest BCUT2D eigenvalue weighted by atomic mass is 9.84. The van der Waals surface area contributed by atoms with Crippen molar-refractivity contribution >= 4 is 35.7 Å². The van der Waals surface area contributed by atoms with Gasteiger partial charge in [0, 0.05) is 75.7 Å². The second kappa shape index (κ2) is 9.79. The van der Waals surface area contributed by atoms with Gasteiger partial charge in [0.05, 0.1) is 29.9 Å². The SMILES string of the molecule is [B]c1ccc2c(N3C[C@H](CN4CC5(C4)OCc4cc(N6CCNCC6)ccc45)O[C@H](C)C3)ccc(C#N)c2n1. The van der Waals surface area contributed by atoms with Gasteiger partial charge in [0.15, 0.2) is 0 Å². The molecule has 5 heterocycles. The van der Waals surface area contributed by atoms with Gasteiger partial charge >= 0.3 is 0 Å². The first-order valence-corrected chi connectivity index (χ1v) is 14.0. The van der Waals surface area contributed by atoms with Crippen LogP contribution in [-0.4, -0.2) is 88.8 Å². The molecule has 0 unspecified atom stereocenters. The zero-order valence-electron chi connectivity index (χ0n) is 22.4. The number of nitrogens with zero attached hydrogens (tertiary/aromatic N) is 5. The lowest BCUT2D eigenvalue weighted by Gasteiger charge is -2.50. The van der Waals surface area contributed by atoms with E-state index in [1.807, 2.05) is 18.2 Å². The summed E-state index contributed by atoms with van der Waals surface area (Å²) in [7, 11) is 5.94. The number of fused-ring (bicyclic) bond motifs is 3. The van der Waals surface area contributed by atoms with Gasteiger partial charge in [0.25, 0.3) is 0 Å². The van der Waals surface area contributed by atoms with Crippen molar-refractivity contribution < 1.29 is 9.47 Å². The maximum absolute atomic E-state index is 9.58. The second-order valence-corrected chi connectivity index (χ2v) is 11.4. The molecule has 1 N–H and O–H groups in total. The normalized spacial score (nSPS) is 24.5. The average molecular weight is 520 g/mol. The van der Waals surface area contributed by atoms with Crippen LogP contribution in [0.25, 0.3) is 10.9 Å². The van der Waals surface area contributed by atoms with Crippen LogP contribution in [0.2, 0.25) is 0 Å². The Morgan fingerprint density at radius 1 is 1.10 bits per heavy atom. The van der Waals surface area contributed by atoms with Gasteiger partial charge in [0.2, 0.25) is 0 Å². The number of hydrogen-bond donors (Lipinski definition) is 1. The summed E-state index contributed by atoms with van der Waals surface area (Å²) < 4.78 is 12.8. The van der Waals surface area contributed by atoms with Crippen molar-refractivity contribution in [2.45, 2.75) is 31.3 Å². The number of ether oxygens (including phenoxy) is 2. The van der Waals surface area contributed by atoms with E-state index < -0.39 is 0 Å². The minimum atomic E-state index is -0.188. The molecule has 3 fully saturated rings. The molecule has 7 rings (SSSR count). The van der Waals surface area contributed by atoms with Crippen molar-refractivity contribution in [1.29, 1.82) is 5.26 Å². The van der Waals surface area contributed by atoms with Crippen LogP contribution in [-0.2, 0) is 21.7 Å². The summed E-state index contributed by atoms with van der Waals surface area (Å²) >= 11 is 0. The largest absolute Gasteiger partial charge is 0.370 e. The number of aromatic nitrogens is 1. The van der Waals surface area contributed by atoms with Gasteiger partial charge in [-0.3, -0.25) is 9.88 Å². The lowest BCUT2D eigenvalue weighted by molar-refractivity contribution is -0.155. The van der Waals surface area contributed by atoms with E-state index in [1.54, 1.807) is 6.07 Å². The number of nitrogens with one attached hydrogen (secondary N) is 1. The minimum absolute atomic E-state index is 0.0782. The highest BCUT2D eigenvalue weighted by Crippen LogP contribution is 2.44. The minimum Gasteiger partial charge on any atom is -0.370 e. The summed E-state index contributed by atoms with van der Waals surface area (Å²) in [6, 6.07) is 16.8. The molecule has 0 saturated carbocycles. The zero-order chi connectivity index (χ0) is 26.6. The fraction of sp³-hybridized carbons (Fsp3) is 0.467. The Hall–Kier alpha value is -3.16. The molecule has 8 nitrogen and oxygen atoms in total. The van der Waals surface area contributed by atoms with Crippen LogP contribution >= 0.6 is 0 Å². The first-order chi connectivity index (χ1) is 19.0. The van der Waals surface area contributed by atoms with Gasteiger partial charge < -0.3 is 24.6 Å². The van der Waals surface area contributed by atoms with Gasteiger partial charge in [-0.05, 0) is 54.0 Å². The van der Waals surface area contributed by atoms with Gasteiger partial charge in [-0.1, -0.05) is 12.1 Å². The molecule has 1 aromatic heterocycles. The molecule has 2 radical (unpaired) electrons. The Labute approximate surface area is 230 Å². The lowest BCUT2D eigenvalue weighted by Crippen LogP contribution is -2.62. The van der Waals surface area contributed by atoms with Gasteiger partial charge in [0.1, 0.15) is 19.5 Å². The van der Waals surface area contributed by atoms with E-state index >= 15 is 0 Å². The summed E-state index contributed by atoms with van der Waals surface area (Å²) in [5.41, 5.74) is 6.51. The topological polar surface area (TPSA) is 76.9 Å². The van der Waals surface area contributed by atoms with Crippen molar-refractivity contribution in [3.8, 4) is 6.07 Å². The third-order valence-electron chi connectivity index (χ3n) is 8.63. The molecule has 198 valence electrons. The number of anilines is 2. The molecule has 3 aromatic rings. The van der Waals surface area contributed by atoms with Crippen LogP contribution < -0.4 is 20.7 Å². The molecule has 4 aliphatic rings. The molecule has 9 heteroatoms. The quantitative estimate of drug-likeness (QED) is 0.521. The van der Waals surface area contributed by atoms with E-state index in [9.17, 15) is 5.26 Å². The summed E-state index contributed by atoms with van der Waals surface area (Å²) in [4.78, 5) is 11.8. The number of piperazine rings is 1. The molecular formula is C30H33BN6O2. The molecule has 0 amide bonds. The van der Waals surface area contributed by atoms with Crippen LogP contribution in [0.4, 0.5) is 11.4 Å². The van der Waals surface area contributed by atoms with Gasteiger partial charge in [-0.15, -0.1) is 0 Å². The summed E-state index contributed by atoms with van der Waals surface area (Å²) in [5.74, 6) is 0. The number of likely N-dealkylation sites (tertiary alicyclic amines) is 1. The standard InChI is InChI=1S/C30H33BN6O2/c1-20-14-37(27-6-2-21(13-32)29-25(27)4-7-28(31)34-29)16-24(39-20)15-35-18-30(19-35)26-5-3-23(12-22(26)17-38-30)36-10-8-33-9-11-36/h2-7,12,20,24,33H,8-11,14-19H2,1H3/t20-,24+/m1/s1. The number of hydrogen-bond acceptors (Lipinski definition) is 8. The van der Waals surface area contributed by atoms with Crippen molar-refractivity contribution in [2.75, 3.05) is 68.7 Å². The molecule has 0 aliphatic carbocycles. The number of benzene rings is 2. The Morgan fingerprint density at radius 3 is 2.77 bits per heavy atom. The highest BCUT2D eigenvalue weighted by molar-refractivity contribution is 6.31. The fourth-order valence-electron chi connectivity index (χ4n) is 6.84. The van der Waals surface area contributed by atoms with Crippen molar-refractivity contribution in [2.24, 2.45) is 0 Å². The number of pyridine rings is 1. The second-order valence-electron chi connectivity index (χ2n) is 11.4. The molecule has 1 spiro atoms. The van der Waals surface area contributed by atoms with E-state index in [4.69, 9.17) is 17.3 Å². The molecular weight excluding hydrogens is 487 g/mol. The van der Waals surface area contributed by atoms with Crippen molar-refractivity contribution in [3.63, 3.8) is 0 Å². The average Bonchev–Trinajstić information content (AvgIpc) is 3.31. The van der Waals surface area contributed by atoms with Crippen LogP contribution in [0.5, 0.6) is 0 Å². The molecule has 4 aliphatic heterocycles. The molecule has 0 bridgehead atoms. The fourth-order valence-corrected chi connectivity index (χ4v) is 6.84. The Kier molecular flexibility index (Phi) is 6.24. The third-order valence-corrected chi connectivity index (χ3v) is 8.63. The number of morpholine rings is 1. The summed E-state index contributed by atoms with van der Waals surface area (Å²) in [5, 5.41) is 14.0. The van der Waals surface area contributed by atoms with Gasteiger partial charge in [-0.25, -0.2) is 0 Å². The predicted octanol–water partition coefficient (Wildman–Crippen LogP) is 1.64. The van der Waals surface area contributed by atoms with Crippen LogP contribution in [0.15, 0.2) is 42.5 Å². The zero-order valence-corrected chi connectivity index (χ0v) is 22.4. The van der Waals surface area contributed by atoms with E-state index in [2.05, 4.69) is 56.2 Å². The smallest absolute Gasteiger partial charge is 0.141 e. The van der Waals surface area contributed by atoms with E-state index in [0.717, 1.165) is 70.0 Å². The summed E-state index contributed by atoms with van der Waals surface area (Å²) in [6.45, 7) is 11.2. The highest BCUT2D eigenvalue weighted by Gasteiger charge is 2.50. The van der Waals surface area contributed by atoms with E-state index in [0.29, 0.717) is 23.3 Å². The third kappa shape index (κ3) is 4.46. The van der Waals surface area contributed by atoms with E-state index in [1.165, 1.54) is 16.8 Å². The number of rotatable bonds is 4. The van der Waals surface area contributed by atoms with Crippen molar-refractivity contribution in [1.82, 2.24) is 15.2 Å². The van der Waals surface area contributed by atoms with Crippen LogP contribution in [0, 0.1) is 11.3 Å². The summed E-state index contributed by atoms with van der Waals surface area (Å²) in [6.07, 6.45) is 0.174. The van der Waals surface area contributed by atoms with Gasteiger partial charge in [-0.2, -0.15) is 5.26 Å². The van der Waals surface area contributed by atoms with Crippen LogP contribution in [0.3, 0.4) is 0 Å². The molecule has 2 aromatic carbocycles.